The van der Waals surface area contributed by atoms with Gasteiger partial charge in [0.15, 0.2) is 6.29 Å². The Morgan fingerprint density at radius 1 is 0.947 bits per heavy atom. The lowest BCUT2D eigenvalue weighted by Crippen LogP contribution is -2.32. The monoisotopic (exact) mass is 270 g/mol. The number of hydrogen-bond donors (Lipinski definition) is 0. The molecule has 0 aromatic rings. The molecule has 112 valence electrons. The summed E-state index contributed by atoms with van der Waals surface area (Å²) in [7, 11) is 1.71. The van der Waals surface area contributed by atoms with Gasteiger partial charge in [0.1, 0.15) is 0 Å². The Hall–Kier alpha value is -0.640. The first-order chi connectivity index (χ1) is 8.76. The fraction of sp³-hybridized carbons (Fsp3) is 0.750. The van der Waals surface area contributed by atoms with E-state index in [0.717, 1.165) is 0 Å². The van der Waals surface area contributed by atoms with E-state index in [1.165, 1.54) is 11.1 Å². The van der Waals surface area contributed by atoms with Gasteiger partial charge in [-0.1, -0.05) is 23.3 Å². The van der Waals surface area contributed by atoms with Gasteiger partial charge in [-0.25, -0.2) is 0 Å². The molecule has 19 heavy (non-hydrogen) atoms. The van der Waals surface area contributed by atoms with Gasteiger partial charge in [0.05, 0.1) is 18.8 Å². The molecule has 3 heteroatoms. The molecule has 0 heterocycles. The van der Waals surface area contributed by atoms with Gasteiger partial charge < -0.3 is 14.2 Å². The minimum atomic E-state index is -0.249. The highest BCUT2D eigenvalue weighted by Gasteiger charge is 2.23. The van der Waals surface area contributed by atoms with Crippen molar-refractivity contribution in [3.8, 4) is 0 Å². The fourth-order valence-electron chi connectivity index (χ4n) is 1.29. The Morgan fingerprint density at radius 3 is 1.68 bits per heavy atom. The third kappa shape index (κ3) is 10.9. The van der Waals surface area contributed by atoms with Crippen molar-refractivity contribution < 1.29 is 14.2 Å². The van der Waals surface area contributed by atoms with Gasteiger partial charge in [0.2, 0.25) is 0 Å². The molecule has 0 aliphatic heterocycles. The van der Waals surface area contributed by atoms with E-state index in [-0.39, 0.29) is 11.9 Å². The molecule has 0 N–H and O–H groups in total. The molecule has 0 amide bonds. The molecule has 0 aromatic heterocycles. The van der Waals surface area contributed by atoms with E-state index in [1.807, 2.05) is 13.8 Å². The van der Waals surface area contributed by atoms with Gasteiger partial charge >= 0.3 is 0 Å². The minimum Gasteiger partial charge on any atom is -0.379 e. The molecule has 0 radical (unpaired) electrons. The summed E-state index contributed by atoms with van der Waals surface area (Å²) in [5, 5.41) is 0. The maximum absolute atomic E-state index is 5.76. The maximum Gasteiger partial charge on any atom is 0.161 e. The minimum absolute atomic E-state index is 0.249. The molecule has 0 atom stereocenters. The average Bonchev–Trinajstić information content (AvgIpc) is 2.27. The molecule has 0 saturated heterocycles. The molecule has 0 aliphatic carbocycles. The van der Waals surface area contributed by atoms with Gasteiger partial charge in [0.25, 0.3) is 0 Å². The van der Waals surface area contributed by atoms with Crippen LogP contribution < -0.4 is 0 Å². The van der Waals surface area contributed by atoms with Crippen molar-refractivity contribution >= 4 is 0 Å². The van der Waals surface area contributed by atoms with Gasteiger partial charge in [-0.05, 0) is 41.5 Å². The lowest BCUT2D eigenvalue weighted by atomic mass is 10.1. The Bertz CT molecular complexity index is 273. The Morgan fingerprint density at radius 2 is 1.37 bits per heavy atom. The third-order valence-corrected chi connectivity index (χ3v) is 2.76. The van der Waals surface area contributed by atoms with Crippen molar-refractivity contribution in [1.82, 2.24) is 0 Å². The number of hydrogen-bond acceptors (Lipinski definition) is 3. The van der Waals surface area contributed by atoms with Gasteiger partial charge in [-0.2, -0.15) is 0 Å². The molecular formula is C16H30O3. The summed E-state index contributed by atoms with van der Waals surface area (Å²) < 4.78 is 17.0. The van der Waals surface area contributed by atoms with E-state index < -0.39 is 0 Å². The van der Waals surface area contributed by atoms with Crippen LogP contribution in [-0.2, 0) is 14.2 Å². The largest absolute Gasteiger partial charge is 0.379 e. The molecule has 0 aliphatic rings. The molecule has 3 nitrogen and oxygen atoms in total. The maximum atomic E-state index is 5.76. The summed E-state index contributed by atoms with van der Waals surface area (Å²) in [6, 6.07) is 0. The summed E-state index contributed by atoms with van der Waals surface area (Å²) in [4.78, 5) is 0. The number of methoxy groups -OCH3 is 1. The predicted octanol–water partition coefficient (Wildman–Crippen LogP) is 4.09. The number of ether oxygens (including phenoxy) is 3. The molecule has 0 unspecified atom stereocenters. The number of rotatable bonds is 9. The smallest absolute Gasteiger partial charge is 0.161 e. The zero-order valence-electron chi connectivity index (χ0n) is 13.6. The molecule has 0 fully saturated rings. The van der Waals surface area contributed by atoms with Crippen LogP contribution in [0.5, 0.6) is 0 Å². The Kier molecular flexibility index (Phi) is 8.98. The van der Waals surface area contributed by atoms with Crippen LogP contribution in [0, 0.1) is 0 Å². The third-order valence-electron chi connectivity index (χ3n) is 2.76. The van der Waals surface area contributed by atoms with E-state index in [2.05, 4.69) is 39.8 Å². The van der Waals surface area contributed by atoms with Crippen LogP contribution in [0.15, 0.2) is 23.3 Å². The van der Waals surface area contributed by atoms with E-state index in [4.69, 9.17) is 14.2 Å². The van der Waals surface area contributed by atoms with Crippen molar-refractivity contribution in [1.29, 1.82) is 0 Å². The highest BCUT2D eigenvalue weighted by atomic mass is 16.7. The zero-order valence-corrected chi connectivity index (χ0v) is 13.6. The lowest BCUT2D eigenvalue weighted by Gasteiger charge is -2.28. The summed E-state index contributed by atoms with van der Waals surface area (Å²) in [5.74, 6) is 0. The second-order valence-corrected chi connectivity index (χ2v) is 5.83. The van der Waals surface area contributed by atoms with Crippen molar-refractivity contribution in [2.24, 2.45) is 0 Å². The Labute approximate surface area is 118 Å². The lowest BCUT2D eigenvalue weighted by molar-refractivity contribution is -0.161. The first-order valence-electron chi connectivity index (χ1n) is 6.82. The normalized spacial score (nSPS) is 11.6. The van der Waals surface area contributed by atoms with Crippen molar-refractivity contribution in [2.45, 2.75) is 59.9 Å². The molecule has 0 rings (SSSR count). The Balaban J connectivity index is 4.37. The van der Waals surface area contributed by atoms with E-state index in [1.54, 1.807) is 7.11 Å². The van der Waals surface area contributed by atoms with Crippen molar-refractivity contribution in [3.05, 3.63) is 23.3 Å². The van der Waals surface area contributed by atoms with Crippen LogP contribution in [0.1, 0.15) is 48.0 Å². The summed E-state index contributed by atoms with van der Waals surface area (Å²) >= 11 is 0. The average molecular weight is 270 g/mol. The van der Waals surface area contributed by atoms with Crippen LogP contribution in [0.2, 0.25) is 0 Å². The SMILES string of the molecule is COC(C)(C)CC(OCC=C(C)C)OCC=C(C)C. The quantitative estimate of drug-likeness (QED) is 0.466. The highest BCUT2D eigenvalue weighted by Crippen LogP contribution is 2.18. The van der Waals surface area contributed by atoms with Crippen LogP contribution in [0.25, 0.3) is 0 Å². The van der Waals surface area contributed by atoms with Crippen LogP contribution in [0.4, 0.5) is 0 Å². The zero-order chi connectivity index (χ0) is 14.9. The van der Waals surface area contributed by atoms with Crippen molar-refractivity contribution in [3.63, 3.8) is 0 Å². The van der Waals surface area contributed by atoms with E-state index in [0.29, 0.717) is 19.6 Å². The second-order valence-electron chi connectivity index (χ2n) is 5.83. The summed E-state index contributed by atoms with van der Waals surface area (Å²) in [5.41, 5.74) is 2.24. The second kappa shape index (κ2) is 9.29. The number of allylic oxidation sites excluding steroid dienone is 2. The molecule has 0 spiro atoms. The summed E-state index contributed by atoms with van der Waals surface area (Å²) in [6.45, 7) is 13.4. The standard InChI is InChI=1S/C16H30O3/c1-13(2)8-10-18-15(12-16(5,6)17-7)19-11-9-14(3)4/h8-9,15H,10-12H2,1-7H3. The van der Waals surface area contributed by atoms with Crippen molar-refractivity contribution in [2.75, 3.05) is 20.3 Å². The molecular weight excluding hydrogens is 240 g/mol. The fourth-order valence-corrected chi connectivity index (χ4v) is 1.29. The molecule has 0 saturated carbocycles. The van der Waals surface area contributed by atoms with Crippen LogP contribution in [0.3, 0.4) is 0 Å². The van der Waals surface area contributed by atoms with Gasteiger partial charge in [-0.3, -0.25) is 0 Å². The predicted molar refractivity (Wildman–Crippen MR) is 80.3 cm³/mol. The van der Waals surface area contributed by atoms with Crippen LogP contribution in [-0.4, -0.2) is 32.2 Å². The van der Waals surface area contributed by atoms with E-state index >= 15 is 0 Å². The summed E-state index contributed by atoms with van der Waals surface area (Å²) in [6.07, 6.45) is 4.56. The molecule has 0 aromatic carbocycles. The highest BCUT2D eigenvalue weighted by molar-refractivity contribution is 4.94. The van der Waals surface area contributed by atoms with E-state index in [9.17, 15) is 0 Å². The first-order valence-corrected chi connectivity index (χ1v) is 6.82. The van der Waals surface area contributed by atoms with Gasteiger partial charge in [-0.15, -0.1) is 0 Å². The first kappa shape index (κ1) is 18.4. The van der Waals surface area contributed by atoms with Crippen LogP contribution >= 0.6 is 0 Å². The molecule has 0 bridgehead atoms. The van der Waals surface area contributed by atoms with Gasteiger partial charge in [0, 0.05) is 13.5 Å². The topological polar surface area (TPSA) is 27.7 Å².